The largest absolute Gasteiger partial charge is 0.325 e. The average molecular weight is 269 g/mol. The molecule has 6 heteroatoms. The van der Waals surface area contributed by atoms with Crippen molar-refractivity contribution in [1.82, 2.24) is 9.21 Å². The van der Waals surface area contributed by atoms with Crippen molar-refractivity contribution < 1.29 is 8.42 Å². The number of rotatable bonds is 4. The Labute approximate surface area is 108 Å². The molecule has 1 saturated heterocycles. The van der Waals surface area contributed by atoms with Crippen molar-refractivity contribution in [3.05, 3.63) is 29.8 Å². The molecule has 1 aliphatic heterocycles. The SMILES string of the molecule is CN(C)S(=O)(=O)c1cccc(CN2CC(N)C2)c1. The Morgan fingerprint density at radius 2 is 2.06 bits per heavy atom. The van der Waals surface area contributed by atoms with E-state index < -0.39 is 10.0 Å². The molecule has 0 spiro atoms. The van der Waals surface area contributed by atoms with Crippen molar-refractivity contribution >= 4 is 10.0 Å². The summed E-state index contributed by atoms with van der Waals surface area (Å²) in [6.45, 7) is 2.51. The Bertz CT molecular complexity index is 522. The molecule has 1 aromatic rings. The highest BCUT2D eigenvalue weighted by Gasteiger charge is 2.23. The number of nitrogens with zero attached hydrogens (tertiary/aromatic N) is 2. The van der Waals surface area contributed by atoms with E-state index in [-0.39, 0.29) is 6.04 Å². The van der Waals surface area contributed by atoms with Crippen LogP contribution in [0, 0.1) is 0 Å². The number of hydrogen-bond acceptors (Lipinski definition) is 4. The number of sulfonamides is 1. The van der Waals surface area contributed by atoms with Crippen LogP contribution >= 0.6 is 0 Å². The van der Waals surface area contributed by atoms with E-state index in [0.29, 0.717) is 4.90 Å². The molecule has 1 heterocycles. The summed E-state index contributed by atoms with van der Waals surface area (Å²) in [5.41, 5.74) is 6.72. The fourth-order valence-corrected chi connectivity index (χ4v) is 2.98. The minimum atomic E-state index is -3.34. The zero-order chi connectivity index (χ0) is 13.3. The van der Waals surface area contributed by atoms with Gasteiger partial charge in [-0.1, -0.05) is 12.1 Å². The molecule has 5 nitrogen and oxygen atoms in total. The Hall–Kier alpha value is -0.950. The van der Waals surface area contributed by atoms with Gasteiger partial charge in [-0.25, -0.2) is 12.7 Å². The van der Waals surface area contributed by atoms with Crippen LogP contribution in [0.5, 0.6) is 0 Å². The van der Waals surface area contributed by atoms with Crippen LogP contribution in [0.2, 0.25) is 0 Å². The first-order valence-corrected chi connectivity index (χ1v) is 7.33. The molecule has 2 rings (SSSR count). The lowest BCUT2D eigenvalue weighted by Crippen LogP contribution is -2.54. The van der Waals surface area contributed by atoms with Gasteiger partial charge in [0.05, 0.1) is 4.90 Å². The van der Waals surface area contributed by atoms with Crippen molar-refractivity contribution in [2.45, 2.75) is 17.5 Å². The third-order valence-corrected chi connectivity index (χ3v) is 4.88. The topological polar surface area (TPSA) is 66.6 Å². The van der Waals surface area contributed by atoms with Crippen LogP contribution in [-0.2, 0) is 16.6 Å². The molecule has 0 atom stereocenters. The van der Waals surface area contributed by atoms with Gasteiger partial charge in [-0.05, 0) is 17.7 Å². The van der Waals surface area contributed by atoms with Gasteiger partial charge in [-0.2, -0.15) is 0 Å². The number of likely N-dealkylation sites (tertiary alicyclic amines) is 1. The molecule has 1 aromatic carbocycles. The Morgan fingerprint density at radius 1 is 1.39 bits per heavy atom. The first-order chi connectivity index (χ1) is 8.39. The van der Waals surface area contributed by atoms with Crippen LogP contribution in [0.3, 0.4) is 0 Å². The molecule has 1 fully saturated rings. The maximum atomic E-state index is 12.0. The zero-order valence-corrected chi connectivity index (χ0v) is 11.5. The second-order valence-electron chi connectivity index (χ2n) is 4.89. The summed E-state index contributed by atoms with van der Waals surface area (Å²) in [4.78, 5) is 2.54. The summed E-state index contributed by atoms with van der Waals surface area (Å²) >= 11 is 0. The standard InChI is InChI=1S/C12H19N3O2S/c1-14(2)18(16,17)12-5-3-4-10(6-12)7-15-8-11(13)9-15/h3-6,11H,7-9,13H2,1-2H3. The van der Waals surface area contributed by atoms with Gasteiger partial charge in [0.25, 0.3) is 0 Å². The van der Waals surface area contributed by atoms with Crippen molar-refractivity contribution in [3.8, 4) is 0 Å². The van der Waals surface area contributed by atoms with Gasteiger partial charge in [0.15, 0.2) is 0 Å². The molecule has 0 unspecified atom stereocenters. The number of nitrogens with two attached hydrogens (primary N) is 1. The predicted molar refractivity (Wildman–Crippen MR) is 70.6 cm³/mol. The van der Waals surface area contributed by atoms with Gasteiger partial charge in [-0.15, -0.1) is 0 Å². The zero-order valence-electron chi connectivity index (χ0n) is 10.7. The van der Waals surface area contributed by atoms with E-state index in [1.807, 2.05) is 6.07 Å². The molecular formula is C12H19N3O2S. The van der Waals surface area contributed by atoms with E-state index >= 15 is 0 Å². The maximum absolute atomic E-state index is 12.0. The van der Waals surface area contributed by atoms with Crippen molar-refractivity contribution in [1.29, 1.82) is 0 Å². The monoisotopic (exact) mass is 269 g/mol. The third-order valence-electron chi connectivity index (χ3n) is 3.07. The molecule has 0 bridgehead atoms. The average Bonchev–Trinajstić information content (AvgIpc) is 2.27. The van der Waals surface area contributed by atoms with Crippen LogP contribution in [0.4, 0.5) is 0 Å². The maximum Gasteiger partial charge on any atom is 0.242 e. The predicted octanol–water partition coefficient (Wildman–Crippen LogP) is 0.0798. The highest BCUT2D eigenvalue weighted by atomic mass is 32.2. The van der Waals surface area contributed by atoms with E-state index in [0.717, 1.165) is 25.2 Å². The van der Waals surface area contributed by atoms with Crippen molar-refractivity contribution in [2.24, 2.45) is 5.73 Å². The smallest absolute Gasteiger partial charge is 0.242 e. The van der Waals surface area contributed by atoms with Gasteiger partial charge < -0.3 is 5.73 Å². The highest BCUT2D eigenvalue weighted by molar-refractivity contribution is 7.89. The summed E-state index contributed by atoms with van der Waals surface area (Å²) in [7, 11) is -0.268. The van der Waals surface area contributed by atoms with Crippen molar-refractivity contribution in [3.63, 3.8) is 0 Å². The Morgan fingerprint density at radius 3 is 2.61 bits per heavy atom. The fraction of sp³-hybridized carbons (Fsp3) is 0.500. The Balaban J connectivity index is 2.15. The first kappa shape index (κ1) is 13.5. The number of benzene rings is 1. The van der Waals surface area contributed by atoms with Crippen molar-refractivity contribution in [2.75, 3.05) is 27.2 Å². The lowest BCUT2D eigenvalue weighted by atomic mass is 10.1. The quantitative estimate of drug-likeness (QED) is 0.840. The summed E-state index contributed by atoms with van der Waals surface area (Å²) in [5, 5.41) is 0. The van der Waals surface area contributed by atoms with E-state index in [4.69, 9.17) is 5.73 Å². The van der Waals surface area contributed by atoms with E-state index in [2.05, 4.69) is 4.90 Å². The van der Waals surface area contributed by atoms with Gasteiger partial charge in [0, 0.05) is 39.8 Å². The summed E-state index contributed by atoms with van der Waals surface area (Å²) in [6.07, 6.45) is 0. The molecule has 100 valence electrons. The van der Waals surface area contributed by atoms with Gasteiger partial charge in [0.2, 0.25) is 10.0 Å². The van der Waals surface area contributed by atoms with Crippen LogP contribution in [-0.4, -0.2) is 50.8 Å². The summed E-state index contributed by atoms with van der Waals surface area (Å²) in [5.74, 6) is 0. The Kier molecular flexibility index (Phi) is 3.72. The van der Waals surface area contributed by atoms with E-state index in [9.17, 15) is 8.42 Å². The van der Waals surface area contributed by atoms with Gasteiger partial charge >= 0.3 is 0 Å². The lowest BCUT2D eigenvalue weighted by molar-refractivity contribution is 0.142. The minimum Gasteiger partial charge on any atom is -0.325 e. The molecule has 0 amide bonds. The molecule has 2 N–H and O–H groups in total. The first-order valence-electron chi connectivity index (χ1n) is 5.89. The van der Waals surface area contributed by atoms with E-state index in [1.165, 1.54) is 18.4 Å². The molecular weight excluding hydrogens is 250 g/mol. The van der Waals surface area contributed by atoms with Crippen LogP contribution < -0.4 is 5.73 Å². The molecule has 1 aliphatic rings. The molecule has 18 heavy (non-hydrogen) atoms. The highest BCUT2D eigenvalue weighted by Crippen LogP contribution is 2.17. The van der Waals surface area contributed by atoms with Crippen LogP contribution in [0.25, 0.3) is 0 Å². The van der Waals surface area contributed by atoms with Gasteiger partial charge in [0.1, 0.15) is 0 Å². The summed E-state index contributed by atoms with van der Waals surface area (Å²) in [6, 6.07) is 7.35. The second kappa shape index (κ2) is 4.97. The lowest BCUT2D eigenvalue weighted by Gasteiger charge is -2.36. The normalized spacial score (nSPS) is 18.0. The molecule has 0 saturated carbocycles. The second-order valence-corrected chi connectivity index (χ2v) is 7.04. The van der Waals surface area contributed by atoms with Gasteiger partial charge in [-0.3, -0.25) is 4.90 Å². The molecule has 0 aliphatic carbocycles. The van der Waals surface area contributed by atoms with Crippen LogP contribution in [0.15, 0.2) is 29.2 Å². The fourth-order valence-electron chi connectivity index (χ4n) is 2.01. The number of hydrogen-bond donors (Lipinski definition) is 1. The molecule has 0 aromatic heterocycles. The third kappa shape index (κ3) is 2.72. The van der Waals surface area contributed by atoms with E-state index in [1.54, 1.807) is 18.2 Å². The van der Waals surface area contributed by atoms with Crippen LogP contribution in [0.1, 0.15) is 5.56 Å². The molecule has 0 radical (unpaired) electrons. The minimum absolute atomic E-state index is 0.263. The summed E-state index contributed by atoms with van der Waals surface area (Å²) < 4.78 is 25.2.